The summed E-state index contributed by atoms with van der Waals surface area (Å²) in [6.45, 7) is 1.14. The molecule has 1 heterocycles. The molecule has 0 radical (unpaired) electrons. The van der Waals surface area contributed by atoms with Crippen molar-refractivity contribution in [3.63, 3.8) is 0 Å². The molecule has 1 aromatic carbocycles. The highest BCUT2D eigenvalue weighted by atomic mass is 32.2. The quantitative estimate of drug-likeness (QED) is 0.816. The Morgan fingerprint density at radius 2 is 2.25 bits per heavy atom. The van der Waals surface area contributed by atoms with E-state index in [0.29, 0.717) is 6.04 Å². The van der Waals surface area contributed by atoms with Gasteiger partial charge in [-0.1, -0.05) is 12.5 Å². The average molecular weight is 237 g/mol. The Bertz CT molecular complexity index is 348. The van der Waals surface area contributed by atoms with Crippen LogP contribution >= 0.6 is 11.8 Å². The van der Waals surface area contributed by atoms with Crippen LogP contribution in [0.4, 0.5) is 0 Å². The summed E-state index contributed by atoms with van der Waals surface area (Å²) in [5.74, 6) is 0.979. The first kappa shape index (κ1) is 11.8. The van der Waals surface area contributed by atoms with Gasteiger partial charge in [0.15, 0.2) is 0 Å². The Labute approximate surface area is 102 Å². The van der Waals surface area contributed by atoms with Crippen LogP contribution in [-0.4, -0.2) is 19.9 Å². The first-order valence-corrected chi connectivity index (χ1v) is 7.03. The van der Waals surface area contributed by atoms with Crippen LogP contribution in [0.15, 0.2) is 23.1 Å². The minimum Gasteiger partial charge on any atom is -0.496 e. The molecule has 1 N–H and O–H groups in total. The standard InChI is InChI=1S/C13H19NOS/c1-15-12-7-6-10(9-13(12)16-2)11-5-3-4-8-14-11/h6-7,9,11,14H,3-5,8H2,1-2H3. The van der Waals surface area contributed by atoms with Crippen LogP contribution in [0.25, 0.3) is 0 Å². The van der Waals surface area contributed by atoms with Crippen molar-refractivity contribution in [2.45, 2.75) is 30.2 Å². The highest BCUT2D eigenvalue weighted by Crippen LogP contribution is 2.32. The van der Waals surface area contributed by atoms with Gasteiger partial charge in [-0.05, 0) is 43.3 Å². The van der Waals surface area contributed by atoms with E-state index in [1.807, 2.05) is 0 Å². The third-order valence-corrected chi connectivity index (χ3v) is 3.88. The van der Waals surface area contributed by atoms with Gasteiger partial charge in [-0.15, -0.1) is 11.8 Å². The fourth-order valence-corrected chi connectivity index (χ4v) is 2.81. The predicted molar refractivity (Wildman–Crippen MR) is 69.4 cm³/mol. The van der Waals surface area contributed by atoms with Crippen LogP contribution in [0.5, 0.6) is 5.75 Å². The number of hydrogen-bond donors (Lipinski definition) is 1. The summed E-state index contributed by atoms with van der Waals surface area (Å²) in [5.41, 5.74) is 1.39. The minimum atomic E-state index is 0.533. The third-order valence-electron chi connectivity index (χ3n) is 3.12. The van der Waals surface area contributed by atoms with E-state index < -0.39 is 0 Å². The van der Waals surface area contributed by atoms with E-state index >= 15 is 0 Å². The van der Waals surface area contributed by atoms with Crippen molar-refractivity contribution < 1.29 is 4.74 Å². The number of piperidine rings is 1. The summed E-state index contributed by atoms with van der Waals surface area (Å²) >= 11 is 1.75. The van der Waals surface area contributed by atoms with Gasteiger partial charge in [-0.25, -0.2) is 0 Å². The van der Waals surface area contributed by atoms with E-state index in [2.05, 4.69) is 29.8 Å². The van der Waals surface area contributed by atoms with Crippen LogP contribution in [0.1, 0.15) is 30.9 Å². The number of rotatable bonds is 3. The lowest BCUT2D eigenvalue weighted by Crippen LogP contribution is -2.26. The molecule has 88 valence electrons. The van der Waals surface area contributed by atoms with Crippen LogP contribution in [0.3, 0.4) is 0 Å². The van der Waals surface area contributed by atoms with Crippen molar-refractivity contribution in [2.75, 3.05) is 19.9 Å². The second-order valence-electron chi connectivity index (χ2n) is 4.12. The fourth-order valence-electron chi connectivity index (χ4n) is 2.21. The summed E-state index contributed by atoms with van der Waals surface area (Å²) in [4.78, 5) is 1.23. The van der Waals surface area contributed by atoms with Crippen molar-refractivity contribution in [3.05, 3.63) is 23.8 Å². The van der Waals surface area contributed by atoms with E-state index in [4.69, 9.17) is 4.74 Å². The van der Waals surface area contributed by atoms with E-state index in [1.165, 1.54) is 29.7 Å². The number of methoxy groups -OCH3 is 1. The molecule has 0 aromatic heterocycles. The molecule has 1 unspecified atom stereocenters. The van der Waals surface area contributed by atoms with E-state index in [1.54, 1.807) is 18.9 Å². The summed E-state index contributed by atoms with van der Waals surface area (Å²) in [6.07, 6.45) is 5.98. The molecule has 1 fully saturated rings. The Morgan fingerprint density at radius 3 is 2.88 bits per heavy atom. The lowest BCUT2D eigenvalue weighted by Gasteiger charge is -2.24. The fraction of sp³-hybridized carbons (Fsp3) is 0.538. The second-order valence-corrected chi connectivity index (χ2v) is 4.96. The third kappa shape index (κ3) is 2.53. The van der Waals surface area contributed by atoms with Crippen molar-refractivity contribution in [1.82, 2.24) is 5.32 Å². The Morgan fingerprint density at radius 1 is 1.38 bits per heavy atom. The molecule has 1 aliphatic rings. The summed E-state index contributed by atoms with van der Waals surface area (Å²) < 4.78 is 5.34. The minimum absolute atomic E-state index is 0.533. The number of thioether (sulfide) groups is 1. The topological polar surface area (TPSA) is 21.3 Å². The van der Waals surface area contributed by atoms with Gasteiger partial charge in [0.1, 0.15) is 5.75 Å². The van der Waals surface area contributed by atoms with Crippen LogP contribution < -0.4 is 10.1 Å². The Kier molecular flexibility index (Phi) is 4.13. The molecule has 0 spiro atoms. The first-order chi connectivity index (χ1) is 7.85. The SMILES string of the molecule is COc1ccc(C2CCCCN2)cc1SC. The summed E-state index contributed by atoms with van der Waals surface area (Å²) in [7, 11) is 1.73. The number of hydrogen-bond acceptors (Lipinski definition) is 3. The molecule has 3 heteroatoms. The first-order valence-electron chi connectivity index (χ1n) is 5.80. The molecule has 2 rings (SSSR count). The average Bonchev–Trinajstić information content (AvgIpc) is 2.39. The summed E-state index contributed by atoms with van der Waals surface area (Å²) in [5, 5.41) is 3.57. The monoisotopic (exact) mass is 237 g/mol. The maximum absolute atomic E-state index is 5.34. The lowest BCUT2D eigenvalue weighted by atomic mass is 9.97. The lowest BCUT2D eigenvalue weighted by molar-refractivity contribution is 0.398. The van der Waals surface area contributed by atoms with Gasteiger partial charge in [0.05, 0.1) is 7.11 Å². The molecule has 0 aliphatic carbocycles. The zero-order valence-electron chi connectivity index (χ0n) is 9.95. The Balaban J connectivity index is 2.20. The molecule has 2 nitrogen and oxygen atoms in total. The van der Waals surface area contributed by atoms with Gasteiger partial charge in [-0.3, -0.25) is 0 Å². The zero-order chi connectivity index (χ0) is 11.4. The maximum atomic E-state index is 5.34. The highest BCUT2D eigenvalue weighted by Gasteiger charge is 2.15. The van der Waals surface area contributed by atoms with Crippen molar-refractivity contribution in [1.29, 1.82) is 0 Å². The summed E-state index contributed by atoms with van der Waals surface area (Å²) in [6, 6.07) is 7.05. The molecular formula is C13H19NOS. The Hall–Kier alpha value is -0.670. The molecule has 0 saturated carbocycles. The number of ether oxygens (including phenoxy) is 1. The van der Waals surface area contributed by atoms with Gasteiger partial charge in [-0.2, -0.15) is 0 Å². The molecule has 0 amide bonds. The van der Waals surface area contributed by atoms with Crippen LogP contribution in [0.2, 0.25) is 0 Å². The van der Waals surface area contributed by atoms with E-state index in [0.717, 1.165) is 12.3 Å². The van der Waals surface area contributed by atoms with Gasteiger partial charge in [0, 0.05) is 10.9 Å². The smallest absolute Gasteiger partial charge is 0.132 e. The van der Waals surface area contributed by atoms with E-state index in [9.17, 15) is 0 Å². The normalized spacial score (nSPS) is 20.8. The zero-order valence-corrected chi connectivity index (χ0v) is 10.8. The van der Waals surface area contributed by atoms with Crippen molar-refractivity contribution in [3.8, 4) is 5.75 Å². The van der Waals surface area contributed by atoms with Crippen molar-refractivity contribution in [2.24, 2.45) is 0 Å². The molecule has 1 aromatic rings. The van der Waals surface area contributed by atoms with Gasteiger partial charge in [0.2, 0.25) is 0 Å². The number of nitrogens with one attached hydrogen (secondary N) is 1. The van der Waals surface area contributed by atoms with E-state index in [-0.39, 0.29) is 0 Å². The van der Waals surface area contributed by atoms with Crippen molar-refractivity contribution >= 4 is 11.8 Å². The second kappa shape index (κ2) is 5.60. The highest BCUT2D eigenvalue weighted by molar-refractivity contribution is 7.98. The molecule has 1 saturated heterocycles. The predicted octanol–water partition coefficient (Wildman–Crippen LogP) is 3.23. The molecule has 1 aliphatic heterocycles. The van der Waals surface area contributed by atoms with Crippen LogP contribution in [-0.2, 0) is 0 Å². The van der Waals surface area contributed by atoms with Gasteiger partial charge in [0.25, 0.3) is 0 Å². The maximum Gasteiger partial charge on any atom is 0.132 e. The van der Waals surface area contributed by atoms with Crippen LogP contribution in [0, 0.1) is 0 Å². The number of benzene rings is 1. The molecule has 16 heavy (non-hydrogen) atoms. The molecule has 0 bridgehead atoms. The molecular weight excluding hydrogens is 218 g/mol. The molecule has 1 atom stereocenters. The van der Waals surface area contributed by atoms with Gasteiger partial charge < -0.3 is 10.1 Å². The van der Waals surface area contributed by atoms with Gasteiger partial charge >= 0.3 is 0 Å². The largest absolute Gasteiger partial charge is 0.496 e.